The fraction of sp³-hybridized carbons (Fsp3) is 0.143. The molecule has 2 N–H and O–H groups in total. The van der Waals surface area contributed by atoms with Crippen LogP contribution in [0.15, 0.2) is 97.2 Å². The Kier molecular flexibility index (Phi) is 7.33. The van der Waals surface area contributed by atoms with Crippen LogP contribution in [0.3, 0.4) is 0 Å². The van der Waals surface area contributed by atoms with Crippen LogP contribution in [-0.2, 0) is 20.9 Å². The third-order valence-corrected chi connectivity index (χ3v) is 8.12. The lowest BCUT2D eigenvalue weighted by atomic mass is 10.0. The molecule has 1 aromatic heterocycles. The van der Waals surface area contributed by atoms with Gasteiger partial charge in [-0.25, -0.2) is 0 Å². The molecule has 230 valence electrons. The highest BCUT2D eigenvalue weighted by Crippen LogP contribution is 2.36. The quantitative estimate of drug-likeness (QED) is 0.227. The summed E-state index contributed by atoms with van der Waals surface area (Å²) >= 11 is 0. The van der Waals surface area contributed by atoms with Crippen molar-refractivity contribution in [2.24, 2.45) is 0 Å². The minimum absolute atomic E-state index is 0.0131. The number of carbonyl (C=O) groups excluding carboxylic acids is 4. The molecule has 0 bridgehead atoms. The number of ether oxygens (including phenoxy) is 3. The van der Waals surface area contributed by atoms with Gasteiger partial charge in [0.05, 0.1) is 18.4 Å². The van der Waals surface area contributed by atoms with E-state index in [1.807, 2.05) is 24.3 Å². The van der Waals surface area contributed by atoms with Gasteiger partial charge in [-0.05, 0) is 48.0 Å². The maximum absolute atomic E-state index is 14.4. The second kappa shape index (κ2) is 11.8. The first-order chi connectivity index (χ1) is 22.4. The molecule has 7 rings (SSSR count). The Bertz CT molecular complexity index is 2000. The van der Waals surface area contributed by atoms with Crippen LogP contribution >= 0.6 is 0 Å². The van der Waals surface area contributed by atoms with Crippen LogP contribution in [0.25, 0.3) is 10.9 Å². The standard InChI is InChI=1S/C35H28N4O7/c1-44-23-13-10-21(11-14-23)18-39(31(40)19-38-28-9-5-3-7-25(28)33(41)35(38)43)32(26-17-36-27-8-4-2-6-24(26)27)34(42)37-22-12-15-29-30(16-22)46-20-45-29/h2-17,32,36H,18-20H2,1H3,(H,37,42). The van der Waals surface area contributed by atoms with Gasteiger partial charge < -0.3 is 29.4 Å². The zero-order valence-corrected chi connectivity index (χ0v) is 24.7. The molecule has 0 aliphatic carbocycles. The fourth-order valence-corrected chi connectivity index (χ4v) is 5.84. The molecule has 0 saturated heterocycles. The molecule has 1 atom stereocenters. The van der Waals surface area contributed by atoms with Gasteiger partial charge in [-0.2, -0.15) is 0 Å². The maximum Gasteiger partial charge on any atom is 0.299 e. The van der Waals surface area contributed by atoms with Crippen LogP contribution < -0.4 is 24.4 Å². The maximum atomic E-state index is 14.4. The number of ketones is 1. The van der Waals surface area contributed by atoms with E-state index in [2.05, 4.69) is 10.3 Å². The summed E-state index contributed by atoms with van der Waals surface area (Å²) in [6.07, 6.45) is 1.71. The van der Waals surface area contributed by atoms with E-state index < -0.39 is 36.1 Å². The second-order valence-corrected chi connectivity index (χ2v) is 10.9. The average Bonchev–Trinajstić information content (AvgIpc) is 3.79. The molecule has 4 aromatic carbocycles. The van der Waals surface area contributed by atoms with E-state index in [0.717, 1.165) is 16.5 Å². The number of amides is 3. The summed E-state index contributed by atoms with van der Waals surface area (Å²) in [6, 6.07) is 25.1. The lowest BCUT2D eigenvalue weighted by molar-refractivity contribution is -0.139. The highest BCUT2D eigenvalue weighted by atomic mass is 16.7. The summed E-state index contributed by atoms with van der Waals surface area (Å²) < 4.78 is 16.2. The Morgan fingerprint density at radius 1 is 0.957 bits per heavy atom. The topological polar surface area (TPSA) is 130 Å². The predicted octanol–water partition coefficient (Wildman–Crippen LogP) is 4.84. The predicted molar refractivity (Wildman–Crippen MR) is 169 cm³/mol. The molecule has 2 aliphatic heterocycles. The van der Waals surface area contributed by atoms with E-state index in [4.69, 9.17) is 14.2 Å². The van der Waals surface area contributed by atoms with Crippen molar-refractivity contribution in [3.63, 3.8) is 0 Å². The summed E-state index contributed by atoms with van der Waals surface area (Å²) in [5.41, 5.74) is 3.09. The van der Waals surface area contributed by atoms with Gasteiger partial charge in [0, 0.05) is 41.0 Å². The molecule has 3 heterocycles. The number of Topliss-reactive ketones (excluding diaryl/α,β-unsaturated/α-hetero) is 1. The lowest BCUT2D eigenvalue weighted by Crippen LogP contribution is -2.46. The van der Waals surface area contributed by atoms with E-state index in [1.165, 1.54) is 9.80 Å². The van der Waals surface area contributed by atoms with Crippen molar-refractivity contribution < 1.29 is 33.4 Å². The van der Waals surface area contributed by atoms with Crippen LogP contribution in [0, 0.1) is 0 Å². The zero-order chi connectivity index (χ0) is 31.8. The molecule has 46 heavy (non-hydrogen) atoms. The molecule has 3 amide bonds. The first-order valence-corrected chi connectivity index (χ1v) is 14.6. The number of hydrogen-bond acceptors (Lipinski definition) is 7. The van der Waals surface area contributed by atoms with E-state index in [-0.39, 0.29) is 18.9 Å². The molecular weight excluding hydrogens is 588 g/mol. The van der Waals surface area contributed by atoms with Crippen LogP contribution in [0.5, 0.6) is 17.2 Å². The molecule has 0 fully saturated rings. The van der Waals surface area contributed by atoms with Gasteiger partial charge in [0.2, 0.25) is 12.7 Å². The number of nitrogens with one attached hydrogen (secondary N) is 2. The minimum Gasteiger partial charge on any atom is -0.497 e. The Labute approximate surface area is 263 Å². The van der Waals surface area contributed by atoms with Gasteiger partial charge in [0.15, 0.2) is 11.5 Å². The van der Waals surface area contributed by atoms with E-state index in [0.29, 0.717) is 34.2 Å². The van der Waals surface area contributed by atoms with Crippen LogP contribution in [-0.4, -0.2) is 53.8 Å². The van der Waals surface area contributed by atoms with Crippen LogP contribution in [0.4, 0.5) is 11.4 Å². The number of H-pyrrole nitrogens is 1. The van der Waals surface area contributed by atoms with Crippen molar-refractivity contribution in [2.45, 2.75) is 12.6 Å². The number of anilines is 2. The van der Waals surface area contributed by atoms with Gasteiger partial charge in [-0.1, -0.05) is 42.5 Å². The van der Waals surface area contributed by atoms with Crippen molar-refractivity contribution in [1.29, 1.82) is 0 Å². The van der Waals surface area contributed by atoms with Gasteiger partial charge in [-0.3, -0.25) is 24.1 Å². The molecule has 0 spiro atoms. The summed E-state index contributed by atoms with van der Waals surface area (Å²) in [7, 11) is 1.56. The normalized spacial score (nSPS) is 13.9. The summed E-state index contributed by atoms with van der Waals surface area (Å²) in [5, 5.41) is 3.70. The van der Waals surface area contributed by atoms with Crippen molar-refractivity contribution in [2.75, 3.05) is 30.7 Å². The zero-order valence-electron chi connectivity index (χ0n) is 24.7. The number of aromatic nitrogens is 1. The minimum atomic E-state index is -1.15. The first-order valence-electron chi connectivity index (χ1n) is 14.6. The molecule has 0 radical (unpaired) electrons. The lowest BCUT2D eigenvalue weighted by Gasteiger charge is -2.32. The monoisotopic (exact) mass is 616 g/mol. The van der Waals surface area contributed by atoms with Gasteiger partial charge in [0.1, 0.15) is 18.3 Å². The number of aromatic amines is 1. The Morgan fingerprint density at radius 3 is 2.54 bits per heavy atom. The van der Waals surface area contributed by atoms with Crippen LogP contribution in [0.1, 0.15) is 27.5 Å². The Balaban J connectivity index is 1.30. The molecule has 5 aromatic rings. The SMILES string of the molecule is COc1ccc(CN(C(=O)CN2C(=O)C(=O)c3ccccc32)C(C(=O)Nc2ccc3c(c2)OCO3)c2c[nH]c3ccccc23)cc1. The van der Waals surface area contributed by atoms with Crippen LogP contribution in [0.2, 0.25) is 0 Å². The van der Waals surface area contributed by atoms with E-state index in [9.17, 15) is 19.2 Å². The van der Waals surface area contributed by atoms with Gasteiger partial charge in [0.25, 0.3) is 17.6 Å². The van der Waals surface area contributed by atoms with Gasteiger partial charge >= 0.3 is 0 Å². The summed E-state index contributed by atoms with van der Waals surface area (Å²) in [5.74, 6) is -0.824. The Morgan fingerprint density at radius 2 is 1.72 bits per heavy atom. The summed E-state index contributed by atoms with van der Waals surface area (Å²) in [4.78, 5) is 60.5. The number of carbonyl (C=O) groups is 4. The average molecular weight is 617 g/mol. The third-order valence-electron chi connectivity index (χ3n) is 8.12. The molecule has 11 nitrogen and oxygen atoms in total. The molecular formula is C35H28N4O7. The number of fused-ring (bicyclic) bond motifs is 3. The number of nitrogens with zero attached hydrogens (tertiary/aromatic N) is 2. The van der Waals surface area contributed by atoms with E-state index >= 15 is 0 Å². The first kappa shape index (κ1) is 28.7. The van der Waals surface area contributed by atoms with Crippen molar-refractivity contribution >= 4 is 45.8 Å². The third kappa shape index (κ3) is 5.17. The molecule has 11 heteroatoms. The van der Waals surface area contributed by atoms with Crippen molar-refractivity contribution in [3.05, 3.63) is 114 Å². The number of para-hydroxylation sites is 2. The smallest absolute Gasteiger partial charge is 0.299 e. The largest absolute Gasteiger partial charge is 0.497 e. The fourth-order valence-electron chi connectivity index (χ4n) is 5.84. The Hall–Kier alpha value is -6.10. The molecule has 2 aliphatic rings. The van der Waals surface area contributed by atoms with Crippen molar-refractivity contribution in [1.82, 2.24) is 9.88 Å². The van der Waals surface area contributed by atoms with Gasteiger partial charge in [-0.15, -0.1) is 0 Å². The highest BCUT2D eigenvalue weighted by molar-refractivity contribution is 6.52. The molecule has 0 saturated carbocycles. The van der Waals surface area contributed by atoms with Crippen molar-refractivity contribution in [3.8, 4) is 17.2 Å². The highest BCUT2D eigenvalue weighted by Gasteiger charge is 2.40. The molecule has 1 unspecified atom stereocenters. The second-order valence-electron chi connectivity index (χ2n) is 10.9. The number of hydrogen-bond donors (Lipinski definition) is 2. The number of rotatable bonds is 9. The summed E-state index contributed by atoms with van der Waals surface area (Å²) in [6.45, 7) is -0.358. The van der Waals surface area contributed by atoms with E-state index in [1.54, 1.807) is 80.0 Å². The number of benzene rings is 4. The number of methoxy groups -OCH3 is 1.